The number of halogens is 1. The topological polar surface area (TPSA) is 50.4 Å². The van der Waals surface area contributed by atoms with Gasteiger partial charge >= 0.3 is 0 Å². The van der Waals surface area contributed by atoms with E-state index in [1.807, 2.05) is 6.92 Å². The van der Waals surface area contributed by atoms with Gasteiger partial charge in [-0.05, 0) is 50.4 Å². The average molecular weight is 294 g/mol. The molecule has 2 N–H and O–H groups in total. The molecule has 0 aromatic heterocycles. The molecular formula is C16H23FN2O2. The molecule has 0 spiro atoms. The van der Waals surface area contributed by atoms with Crippen LogP contribution in [0.3, 0.4) is 0 Å². The predicted molar refractivity (Wildman–Crippen MR) is 79.7 cm³/mol. The van der Waals surface area contributed by atoms with E-state index < -0.39 is 0 Å². The molecule has 1 heterocycles. The van der Waals surface area contributed by atoms with Crippen molar-refractivity contribution in [3.05, 3.63) is 29.6 Å². The predicted octanol–water partition coefficient (Wildman–Crippen LogP) is 2.40. The molecule has 2 rings (SSSR count). The first-order valence-corrected chi connectivity index (χ1v) is 7.38. The Morgan fingerprint density at radius 3 is 2.95 bits per heavy atom. The summed E-state index contributed by atoms with van der Waals surface area (Å²) in [5, 5.41) is 6.17. The third-order valence-electron chi connectivity index (χ3n) is 4.00. The lowest BCUT2D eigenvalue weighted by Gasteiger charge is -2.28. The molecule has 1 amide bonds. The average Bonchev–Trinajstić information content (AvgIpc) is 2.47. The van der Waals surface area contributed by atoms with Gasteiger partial charge in [0.05, 0.1) is 19.2 Å². The summed E-state index contributed by atoms with van der Waals surface area (Å²) in [6.07, 6.45) is 1.93. The van der Waals surface area contributed by atoms with Gasteiger partial charge in [-0.3, -0.25) is 4.79 Å². The van der Waals surface area contributed by atoms with Crippen molar-refractivity contribution < 1.29 is 13.9 Å². The zero-order valence-electron chi connectivity index (χ0n) is 12.8. The van der Waals surface area contributed by atoms with E-state index in [9.17, 15) is 9.18 Å². The molecule has 1 fully saturated rings. The Kier molecular flexibility index (Phi) is 5.17. The first-order valence-electron chi connectivity index (χ1n) is 7.38. The number of ether oxygens (including phenoxy) is 1. The molecule has 3 atom stereocenters. The molecule has 1 aliphatic heterocycles. The monoisotopic (exact) mass is 294 g/mol. The maximum atomic E-state index is 13.4. The Morgan fingerprint density at radius 2 is 2.29 bits per heavy atom. The third-order valence-corrected chi connectivity index (χ3v) is 4.00. The van der Waals surface area contributed by atoms with E-state index in [1.54, 1.807) is 6.07 Å². The van der Waals surface area contributed by atoms with E-state index in [1.165, 1.54) is 19.2 Å². The largest absolute Gasteiger partial charge is 0.496 e. The number of rotatable bonds is 4. The second kappa shape index (κ2) is 6.89. The van der Waals surface area contributed by atoms with Crippen LogP contribution in [0.4, 0.5) is 4.39 Å². The third kappa shape index (κ3) is 3.94. The number of nitrogens with one attached hydrogen (secondary N) is 2. The molecule has 1 aromatic carbocycles. The molecule has 1 aliphatic rings. The highest BCUT2D eigenvalue weighted by molar-refractivity contribution is 5.82. The maximum absolute atomic E-state index is 13.4. The summed E-state index contributed by atoms with van der Waals surface area (Å²) in [7, 11) is 1.54. The van der Waals surface area contributed by atoms with Gasteiger partial charge < -0.3 is 15.4 Å². The molecule has 0 radical (unpaired) electrons. The number of hydrogen-bond acceptors (Lipinski definition) is 3. The van der Waals surface area contributed by atoms with E-state index in [0.717, 1.165) is 19.4 Å². The molecule has 0 saturated carbocycles. The Bertz CT molecular complexity index is 507. The molecule has 0 bridgehead atoms. The molecule has 1 aromatic rings. The van der Waals surface area contributed by atoms with Crippen molar-refractivity contribution in [3.63, 3.8) is 0 Å². The maximum Gasteiger partial charge on any atom is 0.237 e. The lowest BCUT2D eigenvalue weighted by molar-refractivity contribution is -0.124. The molecule has 4 nitrogen and oxygen atoms in total. The Balaban J connectivity index is 2.05. The van der Waals surface area contributed by atoms with Gasteiger partial charge in [0.25, 0.3) is 0 Å². The standard InChI is InChI=1S/C16H23FN2O2/c1-10-6-7-18-14(8-10)16(20)19-11(2)13-9-12(17)4-5-15(13)21-3/h4-5,9-11,14,18H,6-8H2,1-3H3,(H,19,20). The van der Waals surface area contributed by atoms with Gasteiger partial charge in [0.2, 0.25) is 5.91 Å². The molecule has 0 aliphatic carbocycles. The lowest BCUT2D eigenvalue weighted by Crippen LogP contribution is -2.48. The summed E-state index contributed by atoms with van der Waals surface area (Å²) in [5.74, 6) is 0.742. The van der Waals surface area contributed by atoms with Crippen LogP contribution in [0.25, 0.3) is 0 Å². The van der Waals surface area contributed by atoms with Crippen molar-refractivity contribution >= 4 is 5.91 Å². The highest BCUT2D eigenvalue weighted by Crippen LogP contribution is 2.26. The van der Waals surface area contributed by atoms with Gasteiger partial charge in [-0.15, -0.1) is 0 Å². The van der Waals surface area contributed by atoms with Crippen molar-refractivity contribution in [1.82, 2.24) is 10.6 Å². The number of amides is 1. The lowest BCUT2D eigenvalue weighted by atomic mass is 9.93. The van der Waals surface area contributed by atoms with Crippen molar-refractivity contribution in [3.8, 4) is 5.75 Å². The van der Waals surface area contributed by atoms with Gasteiger partial charge in [-0.1, -0.05) is 6.92 Å². The molecule has 3 unspecified atom stereocenters. The van der Waals surface area contributed by atoms with Gasteiger partial charge in [0.15, 0.2) is 0 Å². The van der Waals surface area contributed by atoms with Crippen molar-refractivity contribution in [2.45, 2.75) is 38.8 Å². The zero-order chi connectivity index (χ0) is 15.4. The van der Waals surface area contributed by atoms with E-state index in [0.29, 0.717) is 17.2 Å². The Morgan fingerprint density at radius 1 is 1.52 bits per heavy atom. The quantitative estimate of drug-likeness (QED) is 0.896. The number of carbonyl (C=O) groups is 1. The summed E-state index contributed by atoms with van der Waals surface area (Å²) in [6.45, 7) is 4.85. The van der Waals surface area contributed by atoms with E-state index >= 15 is 0 Å². The van der Waals surface area contributed by atoms with E-state index in [2.05, 4.69) is 17.6 Å². The minimum Gasteiger partial charge on any atom is -0.496 e. The smallest absolute Gasteiger partial charge is 0.237 e. The number of benzene rings is 1. The fourth-order valence-corrected chi connectivity index (χ4v) is 2.74. The second-order valence-electron chi connectivity index (χ2n) is 5.75. The van der Waals surface area contributed by atoms with E-state index in [-0.39, 0.29) is 23.8 Å². The van der Waals surface area contributed by atoms with E-state index in [4.69, 9.17) is 4.74 Å². The van der Waals surface area contributed by atoms with Crippen LogP contribution in [0.5, 0.6) is 5.75 Å². The normalized spacial score (nSPS) is 23.4. The van der Waals surface area contributed by atoms with Gasteiger partial charge in [0.1, 0.15) is 11.6 Å². The summed E-state index contributed by atoms with van der Waals surface area (Å²) in [4.78, 5) is 12.3. The van der Waals surface area contributed by atoms with Crippen molar-refractivity contribution in [2.75, 3.05) is 13.7 Å². The second-order valence-corrected chi connectivity index (χ2v) is 5.75. The summed E-state index contributed by atoms with van der Waals surface area (Å²) < 4.78 is 18.6. The highest BCUT2D eigenvalue weighted by Gasteiger charge is 2.26. The van der Waals surface area contributed by atoms with Crippen molar-refractivity contribution in [1.29, 1.82) is 0 Å². The molecule has 1 saturated heterocycles. The van der Waals surface area contributed by atoms with Crippen LogP contribution in [0.15, 0.2) is 18.2 Å². The minimum absolute atomic E-state index is 0.0413. The van der Waals surface area contributed by atoms with Crippen LogP contribution in [0.2, 0.25) is 0 Å². The number of piperidine rings is 1. The van der Waals surface area contributed by atoms with Crippen molar-refractivity contribution in [2.24, 2.45) is 5.92 Å². The fourth-order valence-electron chi connectivity index (χ4n) is 2.74. The highest BCUT2D eigenvalue weighted by atomic mass is 19.1. The SMILES string of the molecule is COc1ccc(F)cc1C(C)NC(=O)C1CC(C)CCN1. The van der Waals surface area contributed by atoms with Gasteiger partial charge in [0, 0.05) is 5.56 Å². The Hall–Kier alpha value is -1.62. The number of carbonyl (C=O) groups excluding carboxylic acids is 1. The number of methoxy groups -OCH3 is 1. The fraction of sp³-hybridized carbons (Fsp3) is 0.562. The van der Waals surface area contributed by atoms with Crippen LogP contribution in [-0.2, 0) is 4.79 Å². The summed E-state index contributed by atoms with van der Waals surface area (Å²) >= 11 is 0. The number of hydrogen-bond donors (Lipinski definition) is 2. The van der Waals surface area contributed by atoms with Crippen LogP contribution >= 0.6 is 0 Å². The van der Waals surface area contributed by atoms with Crippen LogP contribution in [0.1, 0.15) is 38.3 Å². The molecule has 116 valence electrons. The first kappa shape index (κ1) is 15.8. The van der Waals surface area contributed by atoms with Crippen LogP contribution in [0, 0.1) is 11.7 Å². The van der Waals surface area contributed by atoms with Gasteiger partial charge in [-0.2, -0.15) is 0 Å². The summed E-state index contributed by atoms with van der Waals surface area (Å²) in [6, 6.07) is 3.86. The zero-order valence-corrected chi connectivity index (χ0v) is 12.8. The first-order chi connectivity index (χ1) is 10.0. The molecular weight excluding hydrogens is 271 g/mol. The minimum atomic E-state index is -0.337. The molecule has 5 heteroatoms. The molecule has 21 heavy (non-hydrogen) atoms. The van der Waals surface area contributed by atoms with Crippen LogP contribution < -0.4 is 15.4 Å². The van der Waals surface area contributed by atoms with Crippen LogP contribution in [-0.4, -0.2) is 25.6 Å². The Labute approximate surface area is 125 Å². The summed E-state index contributed by atoms with van der Waals surface area (Å²) in [5.41, 5.74) is 0.648. The van der Waals surface area contributed by atoms with Gasteiger partial charge in [-0.25, -0.2) is 4.39 Å².